The van der Waals surface area contributed by atoms with E-state index in [9.17, 15) is 14.9 Å². The number of non-ortho nitro benzene ring substituents is 1. The van der Waals surface area contributed by atoms with Gasteiger partial charge in [-0.1, -0.05) is 0 Å². The minimum Gasteiger partial charge on any atom is -0.478 e. The van der Waals surface area contributed by atoms with Gasteiger partial charge in [0.05, 0.1) is 16.6 Å². The lowest BCUT2D eigenvalue weighted by Crippen LogP contribution is -1.96. The Hall–Kier alpha value is -2.89. The Kier molecular flexibility index (Phi) is 3.65. The maximum Gasteiger partial charge on any atom is 0.335 e. The second-order valence-electron chi connectivity index (χ2n) is 4.14. The van der Waals surface area contributed by atoms with Crippen molar-refractivity contribution in [1.29, 1.82) is 0 Å². The summed E-state index contributed by atoms with van der Waals surface area (Å²) in [6, 6.07) is 10.1. The lowest BCUT2D eigenvalue weighted by Gasteiger charge is -2.08. The van der Waals surface area contributed by atoms with Gasteiger partial charge in [0.25, 0.3) is 5.69 Å². The van der Waals surface area contributed by atoms with Gasteiger partial charge in [-0.15, -0.1) is 0 Å². The summed E-state index contributed by atoms with van der Waals surface area (Å²) in [4.78, 5) is 20.9. The van der Waals surface area contributed by atoms with E-state index in [1.54, 1.807) is 13.0 Å². The minimum atomic E-state index is -1.02. The number of ether oxygens (including phenoxy) is 1. The van der Waals surface area contributed by atoms with Crippen LogP contribution in [0.3, 0.4) is 0 Å². The summed E-state index contributed by atoms with van der Waals surface area (Å²) >= 11 is 0. The van der Waals surface area contributed by atoms with Crippen molar-refractivity contribution in [3.63, 3.8) is 0 Å². The maximum atomic E-state index is 10.7. The maximum absolute atomic E-state index is 10.7. The summed E-state index contributed by atoms with van der Waals surface area (Å²) in [6.45, 7) is 1.77. The Morgan fingerprint density at radius 3 is 2.40 bits per heavy atom. The van der Waals surface area contributed by atoms with Crippen molar-refractivity contribution < 1.29 is 19.6 Å². The van der Waals surface area contributed by atoms with Crippen molar-refractivity contribution in [2.75, 3.05) is 0 Å². The third kappa shape index (κ3) is 2.92. The van der Waals surface area contributed by atoms with E-state index in [0.29, 0.717) is 11.5 Å². The minimum absolute atomic E-state index is 0.0623. The number of aromatic carboxylic acids is 1. The smallest absolute Gasteiger partial charge is 0.335 e. The molecule has 0 aliphatic rings. The van der Waals surface area contributed by atoms with Gasteiger partial charge >= 0.3 is 5.97 Å². The molecule has 0 heterocycles. The average molecular weight is 273 g/mol. The molecule has 0 fully saturated rings. The molecular weight excluding hydrogens is 262 g/mol. The third-order valence-electron chi connectivity index (χ3n) is 2.71. The van der Waals surface area contributed by atoms with Crippen LogP contribution in [0.25, 0.3) is 0 Å². The second kappa shape index (κ2) is 5.40. The number of benzene rings is 2. The number of nitrogens with zero attached hydrogens (tertiary/aromatic N) is 1. The highest BCUT2D eigenvalue weighted by Gasteiger charge is 2.10. The van der Waals surface area contributed by atoms with Gasteiger partial charge in [-0.2, -0.15) is 0 Å². The Morgan fingerprint density at radius 2 is 1.85 bits per heavy atom. The molecule has 0 spiro atoms. The zero-order chi connectivity index (χ0) is 14.7. The van der Waals surface area contributed by atoms with Gasteiger partial charge in [0, 0.05) is 6.07 Å². The number of hydrogen-bond acceptors (Lipinski definition) is 4. The van der Waals surface area contributed by atoms with Crippen LogP contribution in [0, 0.1) is 17.0 Å². The SMILES string of the molecule is Cc1ccc([N+](=O)[O-])cc1Oc1ccc(C(=O)O)cc1. The number of carboxylic acid groups (broad SMARTS) is 1. The first-order valence-electron chi connectivity index (χ1n) is 5.73. The Balaban J connectivity index is 2.27. The molecule has 2 rings (SSSR count). The summed E-state index contributed by atoms with van der Waals surface area (Å²) in [7, 11) is 0. The lowest BCUT2D eigenvalue weighted by molar-refractivity contribution is -0.384. The van der Waals surface area contributed by atoms with Crippen LogP contribution in [0.2, 0.25) is 0 Å². The molecule has 0 amide bonds. The zero-order valence-corrected chi connectivity index (χ0v) is 10.6. The molecule has 6 nitrogen and oxygen atoms in total. The van der Waals surface area contributed by atoms with Crippen LogP contribution in [0.1, 0.15) is 15.9 Å². The molecule has 0 radical (unpaired) electrons. The molecular formula is C14H11NO5. The number of carboxylic acids is 1. The van der Waals surface area contributed by atoms with Crippen LogP contribution in [0.4, 0.5) is 5.69 Å². The number of rotatable bonds is 4. The van der Waals surface area contributed by atoms with Crippen LogP contribution in [-0.4, -0.2) is 16.0 Å². The van der Waals surface area contributed by atoms with Gasteiger partial charge in [-0.05, 0) is 42.8 Å². The molecule has 0 aliphatic carbocycles. The van der Waals surface area contributed by atoms with E-state index in [0.717, 1.165) is 5.56 Å². The first-order chi connectivity index (χ1) is 9.47. The number of nitro benzene ring substituents is 1. The fraction of sp³-hybridized carbons (Fsp3) is 0.0714. The Morgan fingerprint density at radius 1 is 1.20 bits per heavy atom. The van der Waals surface area contributed by atoms with E-state index < -0.39 is 10.9 Å². The summed E-state index contributed by atoms with van der Waals surface area (Å²) in [6.07, 6.45) is 0. The number of aryl methyl sites for hydroxylation is 1. The molecule has 2 aromatic rings. The number of nitro groups is 1. The van der Waals surface area contributed by atoms with E-state index in [4.69, 9.17) is 9.84 Å². The van der Waals surface area contributed by atoms with Crippen molar-refractivity contribution in [2.24, 2.45) is 0 Å². The fourth-order valence-electron chi connectivity index (χ4n) is 1.60. The van der Waals surface area contributed by atoms with Crippen LogP contribution < -0.4 is 4.74 Å². The zero-order valence-electron chi connectivity index (χ0n) is 10.6. The summed E-state index contributed by atoms with van der Waals surface area (Å²) < 4.78 is 5.54. The van der Waals surface area contributed by atoms with E-state index in [-0.39, 0.29) is 11.3 Å². The van der Waals surface area contributed by atoms with Crippen LogP contribution >= 0.6 is 0 Å². The van der Waals surface area contributed by atoms with Gasteiger partial charge in [0.15, 0.2) is 0 Å². The molecule has 0 aliphatic heterocycles. The largest absolute Gasteiger partial charge is 0.478 e. The monoisotopic (exact) mass is 273 g/mol. The highest BCUT2D eigenvalue weighted by Crippen LogP contribution is 2.28. The third-order valence-corrected chi connectivity index (χ3v) is 2.71. The molecule has 0 bridgehead atoms. The van der Waals surface area contributed by atoms with Crippen LogP contribution in [-0.2, 0) is 0 Å². The van der Waals surface area contributed by atoms with Crippen molar-refractivity contribution in [1.82, 2.24) is 0 Å². The second-order valence-corrected chi connectivity index (χ2v) is 4.14. The van der Waals surface area contributed by atoms with E-state index >= 15 is 0 Å². The van der Waals surface area contributed by atoms with Crippen LogP contribution in [0.5, 0.6) is 11.5 Å². The van der Waals surface area contributed by atoms with Gasteiger partial charge in [-0.25, -0.2) is 4.79 Å². The standard InChI is InChI=1S/C14H11NO5/c1-9-2-5-11(15(18)19)8-13(9)20-12-6-3-10(4-7-12)14(16)17/h2-8H,1H3,(H,16,17). The molecule has 0 unspecified atom stereocenters. The first kappa shape index (κ1) is 13.5. The quantitative estimate of drug-likeness (QED) is 0.681. The molecule has 102 valence electrons. The predicted molar refractivity (Wildman–Crippen MR) is 71.3 cm³/mol. The molecule has 0 saturated carbocycles. The van der Waals surface area contributed by atoms with E-state index in [1.807, 2.05) is 0 Å². The molecule has 0 atom stereocenters. The highest BCUT2D eigenvalue weighted by molar-refractivity contribution is 5.87. The molecule has 20 heavy (non-hydrogen) atoms. The molecule has 1 N–H and O–H groups in total. The van der Waals surface area contributed by atoms with Crippen molar-refractivity contribution in [3.05, 3.63) is 63.7 Å². The molecule has 0 aromatic heterocycles. The molecule has 6 heteroatoms. The van der Waals surface area contributed by atoms with Gasteiger partial charge in [0.1, 0.15) is 11.5 Å². The van der Waals surface area contributed by atoms with Gasteiger partial charge < -0.3 is 9.84 Å². The van der Waals surface area contributed by atoms with Crippen molar-refractivity contribution in [3.8, 4) is 11.5 Å². The number of carbonyl (C=O) groups is 1. The lowest BCUT2D eigenvalue weighted by atomic mass is 10.2. The van der Waals surface area contributed by atoms with Gasteiger partial charge in [-0.3, -0.25) is 10.1 Å². The number of hydrogen-bond donors (Lipinski definition) is 1. The summed E-state index contributed by atoms with van der Waals surface area (Å²) in [5, 5.41) is 19.5. The average Bonchev–Trinajstić information content (AvgIpc) is 2.41. The van der Waals surface area contributed by atoms with Crippen molar-refractivity contribution in [2.45, 2.75) is 6.92 Å². The van der Waals surface area contributed by atoms with Gasteiger partial charge in [0.2, 0.25) is 0 Å². The Bertz CT molecular complexity index is 664. The summed E-state index contributed by atoms with van der Waals surface area (Å²) in [5.74, 6) is -0.246. The summed E-state index contributed by atoms with van der Waals surface area (Å²) in [5.41, 5.74) is 0.832. The Labute approximate surface area is 114 Å². The molecule has 2 aromatic carbocycles. The topological polar surface area (TPSA) is 89.7 Å². The highest BCUT2D eigenvalue weighted by atomic mass is 16.6. The van der Waals surface area contributed by atoms with E-state index in [2.05, 4.69) is 0 Å². The van der Waals surface area contributed by atoms with E-state index in [1.165, 1.54) is 36.4 Å². The van der Waals surface area contributed by atoms with Crippen LogP contribution in [0.15, 0.2) is 42.5 Å². The predicted octanol–water partition coefficient (Wildman–Crippen LogP) is 3.39. The van der Waals surface area contributed by atoms with Crippen molar-refractivity contribution >= 4 is 11.7 Å². The normalized spacial score (nSPS) is 10.1. The first-order valence-corrected chi connectivity index (χ1v) is 5.73. The fourth-order valence-corrected chi connectivity index (χ4v) is 1.60. The molecule has 0 saturated heterocycles.